The van der Waals surface area contributed by atoms with Gasteiger partial charge in [-0.15, -0.1) is 0 Å². The van der Waals surface area contributed by atoms with Gasteiger partial charge in [-0.3, -0.25) is 9.52 Å². The number of rotatable bonds is 4. The summed E-state index contributed by atoms with van der Waals surface area (Å²) in [7, 11) is -3.85. The second-order valence-corrected chi connectivity index (χ2v) is 10.2. The summed E-state index contributed by atoms with van der Waals surface area (Å²) in [6.45, 7) is 1.64. The maximum atomic E-state index is 13.1. The van der Waals surface area contributed by atoms with Crippen molar-refractivity contribution >= 4 is 21.6 Å². The van der Waals surface area contributed by atoms with E-state index in [9.17, 15) is 13.2 Å². The lowest BCUT2D eigenvalue weighted by Gasteiger charge is -2.41. The first-order chi connectivity index (χ1) is 15.0. The molecule has 2 fully saturated rings. The molecule has 1 saturated carbocycles. The number of sulfonamides is 1. The number of carbonyl (C=O) groups is 1. The van der Waals surface area contributed by atoms with E-state index in [1.807, 2.05) is 4.90 Å². The Morgan fingerprint density at radius 3 is 2.65 bits per heavy atom. The molecule has 3 aliphatic rings. The van der Waals surface area contributed by atoms with Crippen molar-refractivity contribution in [2.75, 3.05) is 24.6 Å². The van der Waals surface area contributed by atoms with Crippen LogP contribution in [0.4, 0.5) is 5.69 Å². The summed E-state index contributed by atoms with van der Waals surface area (Å²) in [4.78, 5) is 15.1. The van der Waals surface area contributed by atoms with E-state index in [1.165, 1.54) is 37.8 Å². The molecule has 1 saturated heterocycles. The van der Waals surface area contributed by atoms with Crippen LogP contribution in [0.2, 0.25) is 0 Å². The first-order valence-corrected chi connectivity index (χ1v) is 12.3. The number of likely N-dealkylation sites (tertiary alicyclic amines) is 1. The highest BCUT2D eigenvalue weighted by Gasteiger charge is 2.33. The van der Waals surface area contributed by atoms with Gasteiger partial charge in [-0.1, -0.05) is 25.3 Å². The molecule has 0 unspecified atom stereocenters. The normalized spacial score (nSPS) is 22.6. The molecule has 5 rings (SSSR count). The fourth-order valence-corrected chi connectivity index (χ4v) is 6.03. The molecule has 0 radical (unpaired) electrons. The van der Waals surface area contributed by atoms with Crippen LogP contribution in [0.5, 0.6) is 11.5 Å². The van der Waals surface area contributed by atoms with Crippen molar-refractivity contribution in [3.05, 3.63) is 48.0 Å². The van der Waals surface area contributed by atoms with E-state index in [4.69, 9.17) is 9.47 Å². The highest BCUT2D eigenvalue weighted by Crippen LogP contribution is 2.37. The van der Waals surface area contributed by atoms with Crippen LogP contribution in [0, 0.1) is 11.8 Å². The van der Waals surface area contributed by atoms with Gasteiger partial charge in [0.1, 0.15) is 0 Å². The van der Waals surface area contributed by atoms with Crippen LogP contribution in [0.3, 0.4) is 0 Å². The van der Waals surface area contributed by atoms with E-state index < -0.39 is 10.0 Å². The van der Waals surface area contributed by atoms with Gasteiger partial charge in [0.2, 0.25) is 6.79 Å². The first kappa shape index (κ1) is 20.2. The molecule has 7 nitrogen and oxygen atoms in total. The van der Waals surface area contributed by atoms with E-state index in [0.29, 0.717) is 28.7 Å². The van der Waals surface area contributed by atoms with E-state index in [-0.39, 0.29) is 17.6 Å². The Morgan fingerprint density at radius 1 is 0.968 bits per heavy atom. The van der Waals surface area contributed by atoms with E-state index in [0.717, 1.165) is 25.4 Å². The standard InChI is InChI=1S/C23H26N2O5S/c26-23(25-11-10-16-4-1-2-5-18(16)14-25)17-6-3-7-20(12-17)31(27,28)24-19-8-9-21-22(13-19)30-15-29-21/h3,6-9,12-13,16,18,24H,1-2,4-5,10-11,14-15H2/t16-,18+/m0/s1. The summed E-state index contributed by atoms with van der Waals surface area (Å²) >= 11 is 0. The Bertz CT molecular complexity index is 1100. The number of nitrogens with one attached hydrogen (secondary N) is 1. The molecule has 31 heavy (non-hydrogen) atoms. The highest BCUT2D eigenvalue weighted by atomic mass is 32.2. The van der Waals surface area contributed by atoms with Crippen molar-refractivity contribution in [2.45, 2.75) is 37.0 Å². The third-order valence-electron chi connectivity index (χ3n) is 6.59. The number of benzene rings is 2. The zero-order valence-electron chi connectivity index (χ0n) is 17.2. The molecular weight excluding hydrogens is 416 g/mol. The van der Waals surface area contributed by atoms with E-state index in [2.05, 4.69) is 4.72 Å². The summed E-state index contributed by atoms with van der Waals surface area (Å²) in [6, 6.07) is 11.1. The zero-order chi connectivity index (χ0) is 21.4. The van der Waals surface area contributed by atoms with Crippen LogP contribution in [0.1, 0.15) is 42.5 Å². The van der Waals surface area contributed by atoms with Gasteiger partial charge >= 0.3 is 0 Å². The smallest absolute Gasteiger partial charge is 0.261 e. The van der Waals surface area contributed by atoms with Crippen LogP contribution in [0.15, 0.2) is 47.4 Å². The third-order valence-corrected chi connectivity index (χ3v) is 7.97. The predicted molar refractivity (Wildman–Crippen MR) is 116 cm³/mol. The number of carbonyl (C=O) groups excluding carboxylic acids is 1. The minimum atomic E-state index is -3.85. The van der Waals surface area contributed by atoms with E-state index >= 15 is 0 Å². The number of ether oxygens (including phenoxy) is 2. The number of nitrogens with zero attached hydrogens (tertiary/aromatic N) is 1. The molecule has 1 amide bonds. The molecule has 164 valence electrons. The third kappa shape index (κ3) is 4.08. The Balaban J connectivity index is 1.32. The second-order valence-electron chi connectivity index (χ2n) is 8.55. The molecular formula is C23H26N2O5S. The summed E-state index contributed by atoms with van der Waals surface area (Å²) in [6.07, 6.45) is 6.03. The molecule has 2 heterocycles. The molecule has 2 aromatic rings. The number of hydrogen-bond acceptors (Lipinski definition) is 5. The Morgan fingerprint density at radius 2 is 1.77 bits per heavy atom. The van der Waals surface area contributed by atoms with Gasteiger partial charge in [0.05, 0.1) is 10.6 Å². The molecule has 2 aliphatic heterocycles. The lowest BCUT2D eigenvalue weighted by molar-refractivity contribution is 0.0520. The van der Waals surface area contributed by atoms with Crippen molar-refractivity contribution in [2.24, 2.45) is 11.8 Å². The van der Waals surface area contributed by atoms with Gasteiger partial charge < -0.3 is 14.4 Å². The molecule has 0 aromatic heterocycles. The minimum Gasteiger partial charge on any atom is -0.454 e. The lowest BCUT2D eigenvalue weighted by atomic mass is 9.75. The number of piperidine rings is 1. The fourth-order valence-electron chi connectivity index (χ4n) is 4.94. The zero-order valence-corrected chi connectivity index (χ0v) is 18.1. The molecule has 1 N–H and O–H groups in total. The van der Waals surface area contributed by atoms with Gasteiger partial charge in [-0.2, -0.15) is 0 Å². The second kappa shape index (κ2) is 8.07. The highest BCUT2D eigenvalue weighted by molar-refractivity contribution is 7.92. The topological polar surface area (TPSA) is 84.9 Å². The Kier molecular flexibility index (Phi) is 5.25. The number of hydrogen-bond donors (Lipinski definition) is 1. The van der Waals surface area contributed by atoms with E-state index in [1.54, 1.807) is 30.3 Å². The van der Waals surface area contributed by atoms with Crippen LogP contribution in [-0.4, -0.2) is 39.1 Å². The largest absolute Gasteiger partial charge is 0.454 e. The average molecular weight is 443 g/mol. The first-order valence-electron chi connectivity index (χ1n) is 10.8. The maximum absolute atomic E-state index is 13.1. The molecule has 0 spiro atoms. The van der Waals surface area contributed by atoms with Crippen molar-refractivity contribution in [1.29, 1.82) is 0 Å². The molecule has 0 bridgehead atoms. The quantitative estimate of drug-likeness (QED) is 0.777. The number of amides is 1. The van der Waals surface area contributed by atoms with Crippen molar-refractivity contribution in [3.8, 4) is 11.5 Å². The molecule has 8 heteroatoms. The average Bonchev–Trinajstić information content (AvgIpc) is 3.26. The fraction of sp³-hybridized carbons (Fsp3) is 0.435. The van der Waals surface area contributed by atoms with Gasteiger partial charge in [0.15, 0.2) is 11.5 Å². The number of anilines is 1. The SMILES string of the molecule is O=C(c1cccc(S(=O)(=O)Nc2ccc3c(c2)OCO3)c1)N1CC[C@@H]2CCCC[C@@H]2C1. The Labute approximate surface area is 182 Å². The molecule has 2 aromatic carbocycles. The summed E-state index contributed by atoms with van der Waals surface area (Å²) in [5.41, 5.74) is 0.781. The predicted octanol–water partition coefficient (Wildman–Crippen LogP) is 3.87. The molecule has 1 aliphatic carbocycles. The maximum Gasteiger partial charge on any atom is 0.261 e. The lowest BCUT2D eigenvalue weighted by Crippen LogP contribution is -2.44. The van der Waals surface area contributed by atoms with Crippen molar-refractivity contribution < 1.29 is 22.7 Å². The van der Waals surface area contributed by atoms with Crippen LogP contribution < -0.4 is 14.2 Å². The van der Waals surface area contributed by atoms with Crippen molar-refractivity contribution in [3.63, 3.8) is 0 Å². The Hall–Kier alpha value is -2.74. The van der Waals surface area contributed by atoms with Crippen LogP contribution in [0.25, 0.3) is 0 Å². The van der Waals surface area contributed by atoms with Crippen LogP contribution >= 0.6 is 0 Å². The van der Waals surface area contributed by atoms with Crippen LogP contribution in [-0.2, 0) is 10.0 Å². The molecule has 2 atom stereocenters. The summed E-state index contributed by atoms with van der Waals surface area (Å²) in [5, 5.41) is 0. The summed E-state index contributed by atoms with van der Waals surface area (Å²) in [5.74, 6) is 2.29. The monoisotopic (exact) mass is 442 g/mol. The van der Waals surface area contributed by atoms with Gasteiger partial charge in [0, 0.05) is 24.7 Å². The van der Waals surface area contributed by atoms with Gasteiger partial charge in [0.25, 0.3) is 15.9 Å². The van der Waals surface area contributed by atoms with Gasteiger partial charge in [-0.25, -0.2) is 8.42 Å². The number of fused-ring (bicyclic) bond motifs is 2. The summed E-state index contributed by atoms with van der Waals surface area (Å²) < 4.78 is 39.0. The minimum absolute atomic E-state index is 0.0589. The van der Waals surface area contributed by atoms with Crippen molar-refractivity contribution in [1.82, 2.24) is 4.90 Å². The van der Waals surface area contributed by atoms with Gasteiger partial charge in [-0.05, 0) is 55.0 Å².